The summed E-state index contributed by atoms with van der Waals surface area (Å²) in [4.78, 5) is 0. The summed E-state index contributed by atoms with van der Waals surface area (Å²) in [5.74, 6) is 0. The number of aromatic nitrogens is 1. The molecule has 1 aromatic heterocycles. The van der Waals surface area contributed by atoms with E-state index >= 15 is 0 Å². The standard InChI is InChI=1S/C45H28N4Si/c46-29-32-20-24-44-41(26-32)39-18-10-11-19-43(39)49(44)35-23-22-34(31-48)40(28-35)42-27-33(30-47)21-25-45(42)50(36-12-4-1-5-13-36,37-14-6-2-7-15-37)38-16-8-3-9-17-38/h1-28H. The van der Waals surface area contributed by atoms with E-state index in [1.807, 2.05) is 72.8 Å². The molecule has 8 aromatic rings. The number of hydrogen-bond acceptors (Lipinski definition) is 3. The molecule has 0 bridgehead atoms. The van der Waals surface area contributed by atoms with E-state index in [1.54, 1.807) is 0 Å². The zero-order valence-electron chi connectivity index (χ0n) is 27.0. The van der Waals surface area contributed by atoms with E-state index in [0.29, 0.717) is 16.7 Å². The maximum atomic E-state index is 10.6. The minimum Gasteiger partial charge on any atom is -0.309 e. The Balaban J connectivity index is 1.49. The first-order valence-corrected chi connectivity index (χ1v) is 18.4. The van der Waals surface area contributed by atoms with Crippen molar-refractivity contribution < 1.29 is 0 Å². The second-order valence-electron chi connectivity index (χ2n) is 12.3. The fourth-order valence-electron chi connectivity index (χ4n) is 7.51. The molecule has 0 saturated carbocycles. The van der Waals surface area contributed by atoms with Gasteiger partial charge in [-0.05, 0) is 80.9 Å². The third-order valence-electron chi connectivity index (χ3n) is 9.65. The highest BCUT2D eigenvalue weighted by molar-refractivity contribution is 7.20. The summed E-state index contributed by atoms with van der Waals surface area (Å²) in [5.41, 5.74) is 6.12. The van der Waals surface area contributed by atoms with Crippen molar-refractivity contribution in [3.05, 3.63) is 187 Å². The summed E-state index contributed by atoms with van der Waals surface area (Å²) >= 11 is 0. The van der Waals surface area contributed by atoms with Crippen LogP contribution >= 0.6 is 0 Å². The van der Waals surface area contributed by atoms with Gasteiger partial charge in [-0.1, -0.05) is 115 Å². The molecule has 7 aromatic carbocycles. The second kappa shape index (κ2) is 12.6. The van der Waals surface area contributed by atoms with Gasteiger partial charge in [0.25, 0.3) is 0 Å². The van der Waals surface area contributed by atoms with Crippen LogP contribution in [0.3, 0.4) is 0 Å². The summed E-state index contributed by atoms with van der Waals surface area (Å²) in [7, 11) is -3.04. The van der Waals surface area contributed by atoms with E-state index in [-0.39, 0.29) is 0 Å². The lowest BCUT2D eigenvalue weighted by atomic mass is 9.97. The van der Waals surface area contributed by atoms with Gasteiger partial charge in [-0.3, -0.25) is 0 Å². The quantitative estimate of drug-likeness (QED) is 0.138. The summed E-state index contributed by atoms with van der Waals surface area (Å²) in [6.07, 6.45) is 0. The van der Waals surface area contributed by atoms with Crippen LogP contribution in [-0.4, -0.2) is 12.6 Å². The summed E-state index contributed by atoms with van der Waals surface area (Å²) in [6, 6.07) is 65.0. The lowest BCUT2D eigenvalue weighted by molar-refractivity contribution is 1.18. The SMILES string of the molecule is N#Cc1ccc([Si](c2ccccc2)(c2ccccc2)c2ccccc2)c(-c2cc(-n3c4ccccc4c4cc(C#N)ccc43)ccc2C#N)c1. The topological polar surface area (TPSA) is 76.3 Å². The fraction of sp³-hybridized carbons (Fsp3) is 0. The normalized spacial score (nSPS) is 11.1. The van der Waals surface area contributed by atoms with Crippen LogP contribution in [0.15, 0.2) is 170 Å². The molecule has 0 fully saturated rings. The van der Waals surface area contributed by atoms with Crippen molar-refractivity contribution in [2.75, 3.05) is 0 Å². The van der Waals surface area contributed by atoms with E-state index in [4.69, 9.17) is 0 Å². The molecule has 0 aliphatic carbocycles. The van der Waals surface area contributed by atoms with Crippen LogP contribution in [0.1, 0.15) is 16.7 Å². The molecule has 0 unspecified atom stereocenters. The van der Waals surface area contributed by atoms with Crippen LogP contribution in [0.2, 0.25) is 0 Å². The minimum atomic E-state index is -3.04. The van der Waals surface area contributed by atoms with Gasteiger partial charge in [-0.25, -0.2) is 0 Å². The lowest BCUT2D eigenvalue weighted by Crippen LogP contribution is -2.75. The van der Waals surface area contributed by atoms with Crippen LogP contribution in [0, 0.1) is 34.0 Å². The van der Waals surface area contributed by atoms with Crippen molar-refractivity contribution in [3.63, 3.8) is 0 Å². The minimum absolute atomic E-state index is 0.523. The van der Waals surface area contributed by atoms with Gasteiger partial charge < -0.3 is 4.57 Å². The Labute approximate surface area is 291 Å². The van der Waals surface area contributed by atoms with Gasteiger partial charge in [0.1, 0.15) is 0 Å². The summed E-state index contributed by atoms with van der Waals surface area (Å²) in [6.45, 7) is 0. The molecule has 0 atom stereocenters. The summed E-state index contributed by atoms with van der Waals surface area (Å²) in [5, 5.41) is 37.3. The predicted octanol–water partition coefficient (Wildman–Crippen LogP) is 7.44. The van der Waals surface area contributed by atoms with Gasteiger partial charge >= 0.3 is 0 Å². The van der Waals surface area contributed by atoms with E-state index in [0.717, 1.165) is 43.8 Å². The van der Waals surface area contributed by atoms with Gasteiger partial charge in [0.05, 0.1) is 45.9 Å². The van der Waals surface area contributed by atoms with Crippen molar-refractivity contribution in [3.8, 4) is 35.0 Å². The first kappa shape index (κ1) is 30.4. The van der Waals surface area contributed by atoms with Crippen molar-refractivity contribution in [1.82, 2.24) is 4.57 Å². The van der Waals surface area contributed by atoms with E-state index < -0.39 is 8.07 Å². The van der Waals surface area contributed by atoms with Crippen LogP contribution in [0.5, 0.6) is 0 Å². The maximum Gasteiger partial charge on any atom is 0.180 e. The van der Waals surface area contributed by atoms with Crippen molar-refractivity contribution in [2.24, 2.45) is 0 Å². The van der Waals surface area contributed by atoms with Crippen LogP contribution in [0.25, 0.3) is 38.6 Å². The first-order valence-electron chi connectivity index (χ1n) is 16.4. The lowest BCUT2D eigenvalue weighted by Gasteiger charge is -2.36. The van der Waals surface area contributed by atoms with E-state index in [2.05, 4.69) is 120 Å². The smallest absolute Gasteiger partial charge is 0.180 e. The second-order valence-corrected chi connectivity index (χ2v) is 16.0. The highest BCUT2D eigenvalue weighted by Crippen LogP contribution is 2.35. The Bertz CT molecular complexity index is 2580. The third kappa shape index (κ3) is 4.80. The van der Waals surface area contributed by atoms with E-state index in [1.165, 1.54) is 15.6 Å². The molecule has 50 heavy (non-hydrogen) atoms. The molecule has 8 rings (SSSR count). The Morgan fingerprint density at radius 3 is 1.56 bits per heavy atom. The number of fused-ring (bicyclic) bond motifs is 3. The largest absolute Gasteiger partial charge is 0.309 e. The molecular formula is C45H28N4Si. The van der Waals surface area contributed by atoms with Crippen molar-refractivity contribution in [1.29, 1.82) is 15.8 Å². The zero-order valence-corrected chi connectivity index (χ0v) is 28.0. The number of nitrogens with zero attached hydrogens (tertiary/aromatic N) is 4. The molecule has 4 nitrogen and oxygen atoms in total. The Hall–Kier alpha value is -6.97. The number of benzene rings is 7. The fourth-order valence-corrected chi connectivity index (χ4v) is 12.5. The predicted molar refractivity (Wildman–Crippen MR) is 204 cm³/mol. The van der Waals surface area contributed by atoms with Gasteiger partial charge in [-0.2, -0.15) is 15.8 Å². The molecule has 0 saturated heterocycles. The average Bonchev–Trinajstić information content (AvgIpc) is 3.53. The molecule has 0 N–H and O–H groups in total. The first-order chi connectivity index (χ1) is 24.7. The molecule has 0 aliphatic heterocycles. The molecule has 0 radical (unpaired) electrons. The van der Waals surface area contributed by atoms with Crippen molar-refractivity contribution >= 4 is 50.6 Å². The highest BCUT2D eigenvalue weighted by Gasteiger charge is 2.43. The van der Waals surface area contributed by atoms with Crippen molar-refractivity contribution in [2.45, 2.75) is 0 Å². The molecule has 0 aliphatic rings. The van der Waals surface area contributed by atoms with Gasteiger partial charge in [0.15, 0.2) is 8.07 Å². The van der Waals surface area contributed by atoms with Crippen LogP contribution in [-0.2, 0) is 0 Å². The van der Waals surface area contributed by atoms with Gasteiger partial charge in [0, 0.05) is 22.0 Å². The number of nitriles is 3. The monoisotopic (exact) mass is 652 g/mol. The van der Waals surface area contributed by atoms with E-state index in [9.17, 15) is 15.8 Å². The molecule has 5 heteroatoms. The van der Waals surface area contributed by atoms with Crippen LogP contribution in [0.4, 0.5) is 0 Å². The van der Waals surface area contributed by atoms with Gasteiger partial charge in [-0.15, -0.1) is 0 Å². The Morgan fingerprint density at radius 2 is 0.960 bits per heavy atom. The molecular weight excluding hydrogens is 625 g/mol. The molecule has 1 heterocycles. The average molecular weight is 653 g/mol. The van der Waals surface area contributed by atoms with Crippen LogP contribution < -0.4 is 20.7 Å². The zero-order chi connectivity index (χ0) is 34.1. The summed E-state index contributed by atoms with van der Waals surface area (Å²) < 4.78 is 2.20. The third-order valence-corrected chi connectivity index (χ3v) is 14.5. The maximum absolute atomic E-state index is 10.6. The molecule has 0 amide bonds. The molecule has 0 spiro atoms. The molecule has 232 valence electrons. The Morgan fingerprint density at radius 1 is 0.420 bits per heavy atom. The number of rotatable bonds is 6. The number of hydrogen-bond donors (Lipinski definition) is 0. The Kier molecular flexibility index (Phi) is 7.63. The highest BCUT2D eigenvalue weighted by atomic mass is 28.3. The number of para-hydroxylation sites is 1. The van der Waals surface area contributed by atoms with Gasteiger partial charge in [0.2, 0.25) is 0 Å².